The lowest BCUT2D eigenvalue weighted by molar-refractivity contribution is 0.648. The third kappa shape index (κ3) is 1.76. The first-order chi connectivity index (χ1) is 8.79. The monoisotopic (exact) mass is 247 g/mol. The fourth-order valence-corrected chi connectivity index (χ4v) is 2.62. The maximum absolute atomic E-state index is 5.40. The topological polar surface area (TPSA) is 95.8 Å². The molecule has 2 aromatic rings. The van der Waals surface area contributed by atoms with Crippen molar-refractivity contribution in [2.24, 2.45) is 5.84 Å². The molecule has 0 aromatic carbocycles. The van der Waals surface area contributed by atoms with Crippen LogP contribution in [0.1, 0.15) is 25.7 Å². The predicted octanol–water partition coefficient (Wildman–Crippen LogP) is 1.02. The van der Waals surface area contributed by atoms with E-state index in [1.54, 1.807) is 6.20 Å². The van der Waals surface area contributed by atoms with Crippen LogP contribution >= 0.6 is 0 Å². The first-order valence-corrected chi connectivity index (χ1v) is 6.20. The molecule has 7 heteroatoms. The van der Waals surface area contributed by atoms with Crippen molar-refractivity contribution >= 4 is 22.8 Å². The SMILES string of the molecule is CN(c1nc(NN)nc2[nH]ncc12)C1CCCC1. The molecule has 1 aliphatic rings. The molecule has 0 radical (unpaired) electrons. The molecule has 0 atom stereocenters. The van der Waals surface area contributed by atoms with Gasteiger partial charge in [0.05, 0.1) is 11.6 Å². The third-order valence-electron chi connectivity index (χ3n) is 3.63. The lowest BCUT2D eigenvalue weighted by Gasteiger charge is -2.25. The molecule has 18 heavy (non-hydrogen) atoms. The van der Waals surface area contributed by atoms with Gasteiger partial charge in [0, 0.05) is 13.1 Å². The van der Waals surface area contributed by atoms with Gasteiger partial charge in [-0.15, -0.1) is 0 Å². The molecule has 1 fully saturated rings. The van der Waals surface area contributed by atoms with Gasteiger partial charge >= 0.3 is 0 Å². The van der Waals surface area contributed by atoms with E-state index in [0.29, 0.717) is 17.6 Å². The average molecular weight is 247 g/mol. The summed E-state index contributed by atoms with van der Waals surface area (Å²) in [5.74, 6) is 6.70. The lowest BCUT2D eigenvalue weighted by Crippen LogP contribution is -2.30. The molecule has 0 saturated heterocycles. The molecular formula is C11H17N7. The van der Waals surface area contributed by atoms with E-state index in [-0.39, 0.29) is 0 Å². The highest BCUT2D eigenvalue weighted by molar-refractivity contribution is 5.87. The van der Waals surface area contributed by atoms with Crippen LogP contribution in [-0.4, -0.2) is 33.3 Å². The number of hydrogen-bond donors (Lipinski definition) is 3. The molecule has 1 aliphatic carbocycles. The second-order valence-corrected chi connectivity index (χ2v) is 4.70. The first kappa shape index (κ1) is 11.2. The zero-order chi connectivity index (χ0) is 12.5. The van der Waals surface area contributed by atoms with Gasteiger partial charge in [-0.3, -0.25) is 10.5 Å². The maximum Gasteiger partial charge on any atom is 0.241 e. The number of hydrazine groups is 1. The molecule has 0 aliphatic heterocycles. The van der Waals surface area contributed by atoms with E-state index >= 15 is 0 Å². The fraction of sp³-hybridized carbons (Fsp3) is 0.545. The minimum atomic E-state index is 0.409. The van der Waals surface area contributed by atoms with Crippen molar-refractivity contribution in [2.75, 3.05) is 17.4 Å². The summed E-state index contributed by atoms with van der Waals surface area (Å²) in [6, 6.07) is 0.545. The van der Waals surface area contributed by atoms with E-state index in [4.69, 9.17) is 5.84 Å². The summed E-state index contributed by atoms with van der Waals surface area (Å²) < 4.78 is 0. The number of nitrogens with two attached hydrogens (primary N) is 1. The molecule has 0 unspecified atom stereocenters. The first-order valence-electron chi connectivity index (χ1n) is 6.20. The Morgan fingerprint density at radius 1 is 1.39 bits per heavy atom. The number of anilines is 2. The highest BCUT2D eigenvalue weighted by atomic mass is 15.3. The number of fused-ring (bicyclic) bond motifs is 1. The minimum Gasteiger partial charge on any atom is -0.356 e. The van der Waals surface area contributed by atoms with Gasteiger partial charge in [0.15, 0.2) is 5.65 Å². The molecule has 0 spiro atoms. The minimum absolute atomic E-state index is 0.409. The number of rotatable bonds is 3. The average Bonchev–Trinajstić information content (AvgIpc) is 3.07. The molecule has 7 nitrogen and oxygen atoms in total. The van der Waals surface area contributed by atoms with Gasteiger partial charge in [0.2, 0.25) is 5.95 Å². The van der Waals surface area contributed by atoms with Crippen molar-refractivity contribution in [2.45, 2.75) is 31.7 Å². The fourth-order valence-electron chi connectivity index (χ4n) is 2.62. The molecular weight excluding hydrogens is 230 g/mol. The number of H-pyrrole nitrogens is 1. The highest BCUT2D eigenvalue weighted by Gasteiger charge is 2.23. The van der Waals surface area contributed by atoms with E-state index in [1.165, 1.54) is 25.7 Å². The normalized spacial score (nSPS) is 16.3. The van der Waals surface area contributed by atoms with Gasteiger partial charge in [0.1, 0.15) is 5.82 Å². The van der Waals surface area contributed by atoms with Crippen LogP contribution in [0.5, 0.6) is 0 Å². The summed E-state index contributed by atoms with van der Waals surface area (Å²) in [6.07, 6.45) is 6.76. The number of aromatic nitrogens is 4. The van der Waals surface area contributed by atoms with Crippen molar-refractivity contribution in [1.29, 1.82) is 0 Å². The summed E-state index contributed by atoms with van der Waals surface area (Å²) >= 11 is 0. The van der Waals surface area contributed by atoms with Crippen LogP contribution in [0.2, 0.25) is 0 Å². The molecule has 1 saturated carbocycles. The smallest absolute Gasteiger partial charge is 0.241 e. The number of nitrogens with zero attached hydrogens (tertiary/aromatic N) is 4. The van der Waals surface area contributed by atoms with Crippen LogP contribution < -0.4 is 16.2 Å². The number of aromatic amines is 1. The molecule has 0 bridgehead atoms. The maximum atomic E-state index is 5.40. The Morgan fingerprint density at radius 2 is 2.17 bits per heavy atom. The summed E-state index contributed by atoms with van der Waals surface area (Å²) in [4.78, 5) is 10.9. The molecule has 4 N–H and O–H groups in total. The number of hydrogen-bond acceptors (Lipinski definition) is 6. The van der Waals surface area contributed by atoms with Crippen molar-refractivity contribution in [3.05, 3.63) is 6.20 Å². The van der Waals surface area contributed by atoms with E-state index in [9.17, 15) is 0 Å². The Labute approximate surface area is 105 Å². The van der Waals surface area contributed by atoms with Gasteiger partial charge in [-0.2, -0.15) is 15.1 Å². The zero-order valence-electron chi connectivity index (χ0n) is 10.3. The Balaban J connectivity index is 2.05. The van der Waals surface area contributed by atoms with Crippen LogP contribution in [0.3, 0.4) is 0 Å². The van der Waals surface area contributed by atoms with Crippen molar-refractivity contribution in [3.63, 3.8) is 0 Å². The van der Waals surface area contributed by atoms with E-state index in [1.807, 2.05) is 0 Å². The van der Waals surface area contributed by atoms with Crippen molar-refractivity contribution < 1.29 is 0 Å². The Hall–Kier alpha value is -1.89. The van der Waals surface area contributed by atoms with Gasteiger partial charge < -0.3 is 4.90 Å². The Kier molecular flexibility index (Phi) is 2.75. The van der Waals surface area contributed by atoms with Crippen LogP contribution in [0.25, 0.3) is 11.0 Å². The lowest BCUT2D eigenvalue weighted by atomic mass is 10.2. The van der Waals surface area contributed by atoms with Crippen molar-refractivity contribution in [1.82, 2.24) is 20.2 Å². The van der Waals surface area contributed by atoms with E-state index < -0.39 is 0 Å². The van der Waals surface area contributed by atoms with E-state index in [2.05, 4.69) is 37.5 Å². The van der Waals surface area contributed by atoms with Crippen LogP contribution in [0.15, 0.2) is 6.20 Å². The largest absolute Gasteiger partial charge is 0.356 e. The molecule has 96 valence electrons. The third-order valence-corrected chi connectivity index (χ3v) is 3.63. The standard InChI is InChI=1S/C11H17N7/c1-18(7-4-2-3-5-7)10-8-6-13-17-9(8)14-11(15-10)16-12/h6-7H,2-5,12H2,1H3,(H2,13,14,15,16,17). The predicted molar refractivity (Wildman–Crippen MR) is 70.2 cm³/mol. The van der Waals surface area contributed by atoms with Gasteiger partial charge in [0.25, 0.3) is 0 Å². The molecule has 3 rings (SSSR count). The second kappa shape index (κ2) is 4.41. The highest BCUT2D eigenvalue weighted by Crippen LogP contribution is 2.30. The van der Waals surface area contributed by atoms with Gasteiger partial charge in [-0.1, -0.05) is 12.8 Å². The van der Waals surface area contributed by atoms with Gasteiger partial charge in [-0.05, 0) is 12.8 Å². The number of nitrogen functional groups attached to an aromatic ring is 1. The quantitative estimate of drug-likeness (QED) is 0.553. The zero-order valence-corrected chi connectivity index (χ0v) is 10.3. The molecule has 0 amide bonds. The second-order valence-electron chi connectivity index (χ2n) is 4.70. The summed E-state index contributed by atoms with van der Waals surface area (Å²) in [5, 5.41) is 7.81. The van der Waals surface area contributed by atoms with Crippen molar-refractivity contribution in [3.8, 4) is 0 Å². The summed E-state index contributed by atoms with van der Waals surface area (Å²) in [6.45, 7) is 0. The number of nitrogens with one attached hydrogen (secondary N) is 2. The Morgan fingerprint density at radius 3 is 2.89 bits per heavy atom. The van der Waals surface area contributed by atoms with Crippen LogP contribution in [-0.2, 0) is 0 Å². The Bertz CT molecular complexity index is 543. The summed E-state index contributed by atoms with van der Waals surface area (Å²) in [7, 11) is 2.07. The van der Waals surface area contributed by atoms with Gasteiger partial charge in [-0.25, -0.2) is 5.84 Å². The van der Waals surface area contributed by atoms with Crippen LogP contribution in [0.4, 0.5) is 11.8 Å². The van der Waals surface area contributed by atoms with E-state index in [0.717, 1.165) is 11.2 Å². The van der Waals surface area contributed by atoms with Crippen LogP contribution in [0, 0.1) is 0 Å². The molecule has 2 heterocycles. The molecule has 2 aromatic heterocycles. The summed E-state index contributed by atoms with van der Waals surface area (Å²) in [5.41, 5.74) is 3.20.